The van der Waals surface area contributed by atoms with Crippen molar-refractivity contribution in [3.63, 3.8) is 0 Å². The molecule has 2 aliphatic rings. The number of nitrogens with zero attached hydrogens (tertiary/aromatic N) is 2. The van der Waals surface area contributed by atoms with Crippen molar-refractivity contribution < 1.29 is 0 Å². The molecular formula is C18H31N3. The van der Waals surface area contributed by atoms with E-state index in [-0.39, 0.29) is 0 Å². The second-order valence-corrected chi connectivity index (χ2v) is 6.78. The molecule has 1 atom stereocenters. The molecule has 1 saturated heterocycles. The number of likely N-dealkylation sites (tertiary alicyclic amines) is 1. The van der Waals surface area contributed by atoms with E-state index in [1.54, 1.807) is 11.1 Å². The van der Waals surface area contributed by atoms with E-state index >= 15 is 0 Å². The van der Waals surface area contributed by atoms with Crippen LogP contribution in [-0.2, 0) is 13.0 Å². The molecule has 0 amide bonds. The van der Waals surface area contributed by atoms with Gasteiger partial charge in [0.2, 0.25) is 0 Å². The average Bonchev–Trinajstić information content (AvgIpc) is 3.11. The van der Waals surface area contributed by atoms with Gasteiger partial charge in [0.05, 0.1) is 0 Å². The highest BCUT2D eigenvalue weighted by Crippen LogP contribution is 2.29. The summed E-state index contributed by atoms with van der Waals surface area (Å²) < 4.78 is 2.45. The van der Waals surface area contributed by atoms with Crippen molar-refractivity contribution in [1.29, 1.82) is 0 Å². The molecule has 1 aromatic rings. The third-order valence-electron chi connectivity index (χ3n) is 5.08. The number of aromatic nitrogens is 1. The predicted octanol–water partition coefficient (Wildman–Crippen LogP) is 3.35. The van der Waals surface area contributed by atoms with Gasteiger partial charge in [-0.15, -0.1) is 0 Å². The minimum atomic E-state index is 0.593. The molecule has 1 N–H and O–H groups in total. The molecule has 0 aromatic carbocycles. The first-order chi connectivity index (χ1) is 10.4. The van der Waals surface area contributed by atoms with Gasteiger partial charge in [0.25, 0.3) is 0 Å². The van der Waals surface area contributed by atoms with Crippen LogP contribution in [0.2, 0.25) is 0 Å². The zero-order valence-electron chi connectivity index (χ0n) is 13.6. The molecule has 21 heavy (non-hydrogen) atoms. The van der Waals surface area contributed by atoms with Crippen LogP contribution in [0.4, 0.5) is 0 Å². The lowest BCUT2D eigenvalue weighted by Crippen LogP contribution is -2.24. The summed E-state index contributed by atoms with van der Waals surface area (Å²) in [7, 11) is 0. The Morgan fingerprint density at radius 2 is 1.95 bits per heavy atom. The lowest BCUT2D eigenvalue weighted by molar-refractivity contribution is 0.322. The molecule has 1 aromatic heterocycles. The van der Waals surface area contributed by atoms with Gasteiger partial charge >= 0.3 is 0 Å². The first-order valence-corrected chi connectivity index (χ1v) is 9.01. The van der Waals surface area contributed by atoms with E-state index in [9.17, 15) is 0 Å². The second kappa shape index (κ2) is 7.46. The Bertz CT molecular complexity index is 432. The van der Waals surface area contributed by atoms with Gasteiger partial charge in [0.1, 0.15) is 0 Å². The molecule has 0 bridgehead atoms. The monoisotopic (exact) mass is 289 g/mol. The summed E-state index contributed by atoms with van der Waals surface area (Å²) in [6, 6.07) is 0.593. The number of fused-ring (bicyclic) bond motifs is 1. The van der Waals surface area contributed by atoms with Gasteiger partial charge < -0.3 is 14.8 Å². The molecule has 118 valence electrons. The number of hydrogen-bond acceptors (Lipinski definition) is 2. The Kier molecular flexibility index (Phi) is 5.37. The van der Waals surface area contributed by atoms with Crippen LogP contribution in [0.3, 0.4) is 0 Å². The molecule has 0 saturated carbocycles. The molecule has 3 rings (SSSR count). The fourth-order valence-electron chi connectivity index (χ4n) is 3.84. The Labute approximate surface area is 129 Å². The van der Waals surface area contributed by atoms with E-state index in [1.807, 2.05) is 0 Å². The maximum atomic E-state index is 3.75. The van der Waals surface area contributed by atoms with E-state index in [0.29, 0.717) is 6.04 Å². The number of nitrogens with one attached hydrogen (secondary N) is 1. The average molecular weight is 289 g/mol. The van der Waals surface area contributed by atoms with Crippen LogP contribution >= 0.6 is 0 Å². The summed E-state index contributed by atoms with van der Waals surface area (Å²) in [5.74, 6) is 0. The van der Waals surface area contributed by atoms with Gasteiger partial charge in [-0.05, 0) is 69.3 Å². The van der Waals surface area contributed by atoms with Crippen molar-refractivity contribution in [1.82, 2.24) is 14.8 Å². The minimum Gasteiger partial charge on any atom is -0.352 e. The van der Waals surface area contributed by atoms with Gasteiger partial charge in [-0.3, -0.25) is 0 Å². The first kappa shape index (κ1) is 15.1. The summed E-state index contributed by atoms with van der Waals surface area (Å²) >= 11 is 0. The molecule has 1 fully saturated rings. The highest BCUT2D eigenvalue weighted by Gasteiger charge is 2.20. The number of rotatable bonds is 6. The quantitative estimate of drug-likeness (QED) is 0.811. The molecule has 2 heterocycles. The van der Waals surface area contributed by atoms with Crippen LogP contribution in [0.1, 0.15) is 62.6 Å². The van der Waals surface area contributed by atoms with Crippen LogP contribution in [-0.4, -0.2) is 35.6 Å². The highest BCUT2D eigenvalue weighted by atomic mass is 15.2. The molecule has 3 heteroatoms. The number of hydrogen-bond donors (Lipinski definition) is 1. The summed E-state index contributed by atoms with van der Waals surface area (Å²) in [6.07, 6.45) is 14.2. The summed E-state index contributed by atoms with van der Waals surface area (Å²) in [6.45, 7) is 8.40. The van der Waals surface area contributed by atoms with Gasteiger partial charge in [-0.1, -0.05) is 13.3 Å². The Hall–Kier alpha value is -0.800. The molecule has 1 aliphatic carbocycles. The Morgan fingerprint density at radius 1 is 1.10 bits per heavy atom. The van der Waals surface area contributed by atoms with Gasteiger partial charge in [0, 0.05) is 31.5 Å². The third kappa shape index (κ3) is 3.89. The van der Waals surface area contributed by atoms with E-state index in [4.69, 9.17) is 0 Å². The molecule has 1 unspecified atom stereocenters. The van der Waals surface area contributed by atoms with E-state index in [1.165, 1.54) is 64.6 Å². The van der Waals surface area contributed by atoms with Gasteiger partial charge in [0.15, 0.2) is 0 Å². The van der Waals surface area contributed by atoms with Crippen LogP contribution < -0.4 is 5.32 Å². The first-order valence-electron chi connectivity index (χ1n) is 9.01. The molecular weight excluding hydrogens is 258 g/mol. The normalized spacial score (nSPS) is 23.2. The van der Waals surface area contributed by atoms with Crippen LogP contribution in [0, 0.1) is 0 Å². The summed E-state index contributed by atoms with van der Waals surface area (Å²) in [5.41, 5.74) is 3.19. The fourth-order valence-corrected chi connectivity index (χ4v) is 3.84. The summed E-state index contributed by atoms with van der Waals surface area (Å²) in [4.78, 5) is 2.61. The SMILES string of the molecule is CCCNC1CCCCc2cn(CCN3CCCC3)cc21. The highest BCUT2D eigenvalue weighted by molar-refractivity contribution is 5.29. The van der Waals surface area contributed by atoms with E-state index in [0.717, 1.165) is 13.1 Å². The Balaban J connectivity index is 1.64. The molecule has 0 radical (unpaired) electrons. The predicted molar refractivity (Wildman–Crippen MR) is 88.7 cm³/mol. The van der Waals surface area contributed by atoms with Crippen molar-refractivity contribution in [2.24, 2.45) is 0 Å². The third-order valence-corrected chi connectivity index (χ3v) is 5.08. The summed E-state index contributed by atoms with van der Waals surface area (Å²) in [5, 5.41) is 3.75. The smallest absolute Gasteiger partial charge is 0.0347 e. The largest absolute Gasteiger partial charge is 0.352 e. The van der Waals surface area contributed by atoms with Crippen LogP contribution in [0.25, 0.3) is 0 Å². The van der Waals surface area contributed by atoms with Crippen molar-refractivity contribution >= 4 is 0 Å². The topological polar surface area (TPSA) is 20.2 Å². The van der Waals surface area contributed by atoms with E-state index in [2.05, 4.69) is 34.1 Å². The van der Waals surface area contributed by atoms with Crippen LogP contribution in [0.5, 0.6) is 0 Å². The zero-order chi connectivity index (χ0) is 14.5. The minimum absolute atomic E-state index is 0.593. The van der Waals surface area contributed by atoms with Crippen molar-refractivity contribution in [3.8, 4) is 0 Å². The maximum absolute atomic E-state index is 3.75. The van der Waals surface area contributed by atoms with Gasteiger partial charge in [-0.25, -0.2) is 0 Å². The number of aryl methyl sites for hydroxylation is 1. The maximum Gasteiger partial charge on any atom is 0.0347 e. The zero-order valence-corrected chi connectivity index (χ0v) is 13.6. The lowest BCUT2D eigenvalue weighted by atomic mass is 10.0. The molecule has 1 aliphatic heterocycles. The van der Waals surface area contributed by atoms with Crippen molar-refractivity contribution in [2.75, 3.05) is 26.2 Å². The fraction of sp³-hybridized carbons (Fsp3) is 0.778. The standard InChI is InChI=1S/C18H31N3/c1-2-9-19-18-8-4-3-7-16-14-21(15-17(16)18)13-12-20-10-5-6-11-20/h14-15,18-19H,2-13H2,1H3. The van der Waals surface area contributed by atoms with Crippen LogP contribution in [0.15, 0.2) is 12.4 Å². The van der Waals surface area contributed by atoms with Crippen molar-refractivity contribution in [3.05, 3.63) is 23.5 Å². The van der Waals surface area contributed by atoms with E-state index < -0.39 is 0 Å². The van der Waals surface area contributed by atoms with Gasteiger partial charge in [-0.2, -0.15) is 0 Å². The molecule has 3 nitrogen and oxygen atoms in total. The Morgan fingerprint density at radius 3 is 2.76 bits per heavy atom. The molecule has 0 spiro atoms. The van der Waals surface area contributed by atoms with Crippen molar-refractivity contribution in [2.45, 2.75) is 64.5 Å². The second-order valence-electron chi connectivity index (χ2n) is 6.78. The lowest BCUT2D eigenvalue weighted by Gasteiger charge is -2.17.